The molecule has 0 aliphatic carbocycles. The molecule has 0 radical (unpaired) electrons. The lowest BCUT2D eigenvalue weighted by atomic mass is 10.0. The topological polar surface area (TPSA) is 32.3 Å². The van der Waals surface area contributed by atoms with Crippen LogP contribution in [0, 0.1) is 6.92 Å². The van der Waals surface area contributed by atoms with Crippen molar-refractivity contribution in [2.45, 2.75) is 13.8 Å². The Balaban J connectivity index is 1.76. The summed E-state index contributed by atoms with van der Waals surface area (Å²) in [5.74, 6) is 1.02. The summed E-state index contributed by atoms with van der Waals surface area (Å²) in [6.07, 6.45) is 0. The summed E-state index contributed by atoms with van der Waals surface area (Å²) in [6, 6.07) is 17.0. The third kappa shape index (κ3) is 3.10. The zero-order chi connectivity index (χ0) is 17.2. The Morgan fingerprint density at radius 2 is 1.52 bits per heavy atom. The van der Waals surface area contributed by atoms with Crippen LogP contribution in [0.2, 0.25) is 0 Å². The first-order valence-electron chi connectivity index (χ1n) is 9.06. The van der Waals surface area contributed by atoms with Crippen molar-refractivity contribution in [1.29, 1.82) is 0 Å². The first kappa shape index (κ1) is 16.0. The molecule has 0 amide bonds. The highest BCUT2D eigenvalue weighted by atomic mass is 15.3. The summed E-state index contributed by atoms with van der Waals surface area (Å²) in [4.78, 5) is 4.85. The molecule has 25 heavy (non-hydrogen) atoms. The van der Waals surface area contributed by atoms with Crippen molar-refractivity contribution < 1.29 is 0 Å². The van der Waals surface area contributed by atoms with Gasteiger partial charge in [0, 0.05) is 42.5 Å². The lowest BCUT2D eigenvalue weighted by molar-refractivity contribution is 0.270. The number of benzene rings is 2. The van der Waals surface area contributed by atoms with Crippen molar-refractivity contribution in [1.82, 2.24) is 15.1 Å². The van der Waals surface area contributed by atoms with Crippen molar-refractivity contribution in [3.8, 4) is 11.3 Å². The number of hydrogen-bond donors (Lipinski definition) is 0. The number of fused-ring (bicyclic) bond motifs is 1. The van der Waals surface area contributed by atoms with Crippen LogP contribution in [0.5, 0.6) is 0 Å². The molecule has 1 aromatic heterocycles. The average molecular weight is 332 g/mol. The van der Waals surface area contributed by atoms with Gasteiger partial charge in [-0.25, -0.2) is 0 Å². The van der Waals surface area contributed by atoms with Crippen LogP contribution in [0.1, 0.15) is 12.5 Å². The van der Waals surface area contributed by atoms with Gasteiger partial charge in [0.2, 0.25) is 0 Å². The fourth-order valence-electron chi connectivity index (χ4n) is 3.52. The molecular weight excluding hydrogens is 308 g/mol. The highest BCUT2D eigenvalue weighted by Crippen LogP contribution is 2.31. The van der Waals surface area contributed by atoms with E-state index in [9.17, 15) is 0 Å². The van der Waals surface area contributed by atoms with E-state index in [1.165, 1.54) is 16.3 Å². The Morgan fingerprint density at radius 1 is 0.840 bits per heavy atom. The van der Waals surface area contributed by atoms with Crippen molar-refractivity contribution in [2.24, 2.45) is 0 Å². The molecule has 128 valence electrons. The molecule has 1 saturated heterocycles. The minimum absolute atomic E-state index is 0.964. The molecular formula is C21H24N4. The Kier molecular flexibility index (Phi) is 4.36. The summed E-state index contributed by atoms with van der Waals surface area (Å²) >= 11 is 0. The van der Waals surface area contributed by atoms with Crippen LogP contribution in [0.25, 0.3) is 22.0 Å². The summed E-state index contributed by atoms with van der Waals surface area (Å²) in [5, 5.41) is 11.6. The van der Waals surface area contributed by atoms with Crippen LogP contribution in [-0.2, 0) is 0 Å². The molecule has 1 fully saturated rings. The fourth-order valence-corrected chi connectivity index (χ4v) is 3.52. The summed E-state index contributed by atoms with van der Waals surface area (Å²) < 4.78 is 0. The number of anilines is 1. The fraction of sp³-hybridized carbons (Fsp3) is 0.333. The minimum Gasteiger partial charge on any atom is -0.352 e. The SMILES string of the molecule is CCN1CCN(c2nnc(-c3ccc(C)cc3)c3ccccc23)CC1. The summed E-state index contributed by atoms with van der Waals surface area (Å²) in [6.45, 7) is 9.64. The highest BCUT2D eigenvalue weighted by molar-refractivity contribution is 6.00. The number of piperazine rings is 1. The van der Waals surface area contributed by atoms with E-state index in [1.54, 1.807) is 0 Å². The molecule has 0 N–H and O–H groups in total. The average Bonchev–Trinajstić information content (AvgIpc) is 2.68. The van der Waals surface area contributed by atoms with Crippen LogP contribution in [0.3, 0.4) is 0 Å². The van der Waals surface area contributed by atoms with Crippen LogP contribution < -0.4 is 4.90 Å². The van der Waals surface area contributed by atoms with Gasteiger partial charge in [0.1, 0.15) is 5.69 Å². The molecule has 0 bridgehead atoms. The summed E-state index contributed by atoms with van der Waals surface area (Å²) in [7, 11) is 0. The number of nitrogens with zero attached hydrogens (tertiary/aromatic N) is 4. The number of aryl methyl sites for hydroxylation is 1. The third-order valence-electron chi connectivity index (χ3n) is 5.11. The van der Waals surface area contributed by atoms with Crippen molar-refractivity contribution in [3.05, 3.63) is 54.1 Å². The van der Waals surface area contributed by atoms with Crippen molar-refractivity contribution in [2.75, 3.05) is 37.6 Å². The first-order chi connectivity index (χ1) is 12.3. The molecule has 4 rings (SSSR count). The van der Waals surface area contributed by atoms with Crippen molar-refractivity contribution in [3.63, 3.8) is 0 Å². The van der Waals surface area contributed by atoms with E-state index in [-0.39, 0.29) is 0 Å². The Labute approximate surface area is 149 Å². The minimum atomic E-state index is 0.964. The van der Waals surface area contributed by atoms with Gasteiger partial charge in [-0.15, -0.1) is 10.2 Å². The quantitative estimate of drug-likeness (QED) is 0.731. The van der Waals surface area contributed by atoms with E-state index in [4.69, 9.17) is 0 Å². The lowest BCUT2D eigenvalue weighted by Gasteiger charge is -2.35. The maximum Gasteiger partial charge on any atom is 0.159 e. The second-order valence-corrected chi connectivity index (χ2v) is 6.71. The maximum atomic E-state index is 4.64. The molecule has 2 aromatic carbocycles. The molecule has 0 unspecified atom stereocenters. The van der Waals surface area contributed by atoms with Gasteiger partial charge >= 0.3 is 0 Å². The van der Waals surface area contributed by atoms with Gasteiger partial charge in [0.05, 0.1) is 0 Å². The third-order valence-corrected chi connectivity index (χ3v) is 5.11. The molecule has 1 aliphatic rings. The largest absolute Gasteiger partial charge is 0.352 e. The maximum absolute atomic E-state index is 4.64. The zero-order valence-corrected chi connectivity index (χ0v) is 14.9. The van der Waals surface area contributed by atoms with E-state index in [0.717, 1.165) is 49.8 Å². The molecule has 2 heterocycles. The molecule has 4 nitrogen and oxygen atoms in total. The number of hydrogen-bond acceptors (Lipinski definition) is 4. The second-order valence-electron chi connectivity index (χ2n) is 6.71. The van der Waals surface area contributed by atoms with Gasteiger partial charge in [0.25, 0.3) is 0 Å². The molecule has 0 saturated carbocycles. The molecule has 4 heteroatoms. The van der Waals surface area contributed by atoms with Gasteiger partial charge in [-0.1, -0.05) is 61.0 Å². The molecule has 0 spiro atoms. The van der Waals surface area contributed by atoms with Gasteiger partial charge in [0.15, 0.2) is 5.82 Å². The van der Waals surface area contributed by atoms with Crippen LogP contribution >= 0.6 is 0 Å². The lowest BCUT2D eigenvalue weighted by Crippen LogP contribution is -2.46. The Bertz CT molecular complexity index is 865. The van der Waals surface area contributed by atoms with E-state index < -0.39 is 0 Å². The van der Waals surface area contributed by atoms with E-state index >= 15 is 0 Å². The first-order valence-corrected chi connectivity index (χ1v) is 9.06. The van der Waals surface area contributed by atoms with Crippen LogP contribution in [0.15, 0.2) is 48.5 Å². The predicted molar refractivity (Wildman–Crippen MR) is 104 cm³/mol. The smallest absolute Gasteiger partial charge is 0.159 e. The monoisotopic (exact) mass is 332 g/mol. The molecule has 3 aromatic rings. The Hall–Kier alpha value is -2.46. The van der Waals surface area contributed by atoms with Crippen LogP contribution in [0.4, 0.5) is 5.82 Å². The number of rotatable bonds is 3. The van der Waals surface area contributed by atoms with Gasteiger partial charge in [-0.3, -0.25) is 0 Å². The number of aromatic nitrogens is 2. The highest BCUT2D eigenvalue weighted by Gasteiger charge is 2.20. The van der Waals surface area contributed by atoms with E-state index in [0.29, 0.717) is 0 Å². The summed E-state index contributed by atoms with van der Waals surface area (Å²) in [5.41, 5.74) is 3.34. The second kappa shape index (κ2) is 6.81. The van der Waals surface area contributed by atoms with Gasteiger partial charge in [-0.05, 0) is 13.5 Å². The van der Waals surface area contributed by atoms with Crippen LogP contribution in [-0.4, -0.2) is 47.8 Å². The zero-order valence-electron chi connectivity index (χ0n) is 14.9. The molecule has 0 atom stereocenters. The van der Waals surface area contributed by atoms with E-state index in [1.807, 2.05) is 0 Å². The predicted octanol–water partition coefficient (Wildman–Crippen LogP) is 3.75. The van der Waals surface area contributed by atoms with E-state index in [2.05, 4.69) is 82.4 Å². The van der Waals surface area contributed by atoms with Gasteiger partial charge < -0.3 is 9.80 Å². The van der Waals surface area contributed by atoms with Crippen molar-refractivity contribution >= 4 is 16.6 Å². The number of likely N-dealkylation sites (N-methyl/N-ethyl adjacent to an activating group) is 1. The molecule has 1 aliphatic heterocycles. The normalized spacial score (nSPS) is 15.7. The standard InChI is InChI=1S/C21H24N4/c1-3-24-12-14-25(15-13-24)21-19-7-5-4-6-18(19)20(22-23-21)17-10-8-16(2)9-11-17/h4-11H,3,12-15H2,1-2H3. The van der Waals surface area contributed by atoms with Gasteiger partial charge in [-0.2, -0.15) is 0 Å². The Morgan fingerprint density at radius 3 is 2.20 bits per heavy atom.